The smallest absolute Gasteiger partial charge is 0.277 e. The van der Waals surface area contributed by atoms with Gasteiger partial charge in [0.2, 0.25) is 11.8 Å². The number of benzene rings is 1. The van der Waals surface area contributed by atoms with Gasteiger partial charge in [-0.05, 0) is 19.1 Å². The van der Waals surface area contributed by atoms with E-state index >= 15 is 0 Å². The van der Waals surface area contributed by atoms with E-state index in [9.17, 15) is 18.8 Å². The van der Waals surface area contributed by atoms with Crippen molar-refractivity contribution in [1.29, 1.82) is 0 Å². The number of nitrogens with one attached hydrogen (secondary N) is 1. The molecule has 0 spiro atoms. The molecule has 6 heteroatoms. The second-order valence-electron chi connectivity index (χ2n) is 3.64. The molecule has 88 valence electrons. The first-order valence-corrected chi connectivity index (χ1v) is 4.92. The quantitative estimate of drug-likeness (QED) is 0.742. The van der Waals surface area contributed by atoms with Gasteiger partial charge in [-0.1, -0.05) is 6.07 Å². The predicted molar refractivity (Wildman–Crippen MR) is 56.8 cm³/mol. The monoisotopic (exact) mass is 236 g/mol. The Kier molecular flexibility index (Phi) is 2.63. The SMILES string of the molecule is Cc1c(F)cccc1N1C(=O)CC(=O)NC1=O. The summed E-state index contributed by atoms with van der Waals surface area (Å²) >= 11 is 0. The van der Waals surface area contributed by atoms with Gasteiger partial charge in [-0.2, -0.15) is 0 Å². The third-order valence-electron chi connectivity index (χ3n) is 2.49. The average Bonchev–Trinajstić information content (AvgIpc) is 2.23. The first-order chi connectivity index (χ1) is 8.00. The van der Waals surface area contributed by atoms with Gasteiger partial charge in [0.05, 0.1) is 5.69 Å². The number of nitrogens with zero attached hydrogens (tertiary/aromatic N) is 1. The Morgan fingerprint density at radius 2 is 2.00 bits per heavy atom. The van der Waals surface area contributed by atoms with Crippen LogP contribution in [0, 0.1) is 12.7 Å². The number of halogens is 1. The fraction of sp³-hybridized carbons (Fsp3) is 0.182. The van der Waals surface area contributed by atoms with Crippen molar-refractivity contribution in [3.8, 4) is 0 Å². The third kappa shape index (κ3) is 1.89. The minimum Gasteiger partial charge on any atom is -0.277 e. The lowest BCUT2D eigenvalue weighted by molar-refractivity contribution is -0.128. The normalized spacial score (nSPS) is 16.1. The van der Waals surface area contributed by atoms with E-state index in [2.05, 4.69) is 0 Å². The lowest BCUT2D eigenvalue weighted by atomic mass is 10.1. The van der Waals surface area contributed by atoms with Gasteiger partial charge in [-0.15, -0.1) is 0 Å². The topological polar surface area (TPSA) is 66.5 Å². The van der Waals surface area contributed by atoms with Crippen molar-refractivity contribution in [3.05, 3.63) is 29.6 Å². The molecule has 1 saturated heterocycles. The van der Waals surface area contributed by atoms with Crippen LogP contribution in [0.4, 0.5) is 14.9 Å². The number of rotatable bonds is 1. The molecule has 0 atom stereocenters. The molecule has 0 aliphatic carbocycles. The summed E-state index contributed by atoms with van der Waals surface area (Å²) in [5.41, 5.74) is 0.338. The van der Waals surface area contributed by atoms with Gasteiger partial charge in [0.1, 0.15) is 12.2 Å². The predicted octanol–water partition coefficient (Wildman–Crippen LogP) is 1.11. The number of anilines is 1. The maximum atomic E-state index is 13.3. The highest BCUT2D eigenvalue weighted by Gasteiger charge is 2.33. The maximum absolute atomic E-state index is 13.3. The Bertz CT molecular complexity index is 507. The molecular weight excluding hydrogens is 227 g/mol. The zero-order chi connectivity index (χ0) is 12.6. The van der Waals surface area contributed by atoms with Crippen molar-refractivity contribution in [2.45, 2.75) is 13.3 Å². The van der Waals surface area contributed by atoms with E-state index in [0.717, 1.165) is 4.90 Å². The average molecular weight is 236 g/mol. The van der Waals surface area contributed by atoms with Crippen LogP contribution in [0.1, 0.15) is 12.0 Å². The summed E-state index contributed by atoms with van der Waals surface area (Å²) in [5, 5.41) is 2.01. The molecule has 4 amide bonds. The number of amides is 4. The Balaban J connectivity index is 2.46. The molecule has 5 nitrogen and oxygen atoms in total. The molecule has 1 aliphatic heterocycles. The van der Waals surface area contributed by atoms with Gasteiger partial charge < -0.3 is 0 Å². The van der Waals surface area contributed by atoms with Crippen LogP contribution >= 0.6 is 0 Å². The van der Waals surface area contributed by atoms with Crippen LogP contribution in [0.5, 0.6) is 0 Å². The summed E-state index contributed by atoms with van der Waals surface area (Å²) < 4.78 is 13.3. The van der Waals surface area contributed by atoms with Crippen molar-refractivity contribution in [3.63, 3.8) is 0 Å². The zero-order valence-electron chi connectivity index (χ0n) is 8.99. The molecule has 1 aromatic rings. The minimum atomic E-state index is -0.847. The molecule has 2 rings (SSSR count). The first-order valence-electron chi connectivity index (χ1n) is 4.92. The van der Waals surface area contributed by atoms with E-state index < -0.39 is 30.1 Å². The molecule has 1 aliphatic rings. The molecule has 0 bridgehead atoms. The summed E-state index contributed by atoms with van der Waals surface area (Å²) in [6.45, 7) is 1.46. The van der Waals surface area contributed by atoms with E-state index in [1.807, 2.05) is 5.32 Å². The Morgan fingerprint density at radius 3 is 2.65 bits per heavy atom. The highest BCUT2D eigenvalue weighted by Crippen LogP contribution is 2.24. The van der Waals surface area contributed by atoms with Crippen molar-refractivity contribution in [2.75, 3.05) is 4.90 Å². The van der Waals surface area contributed by atoms with E-state index in [4.69, 9.17) is 0 Å². The molecule has 1 aromatic carbocycles. The van der Waals surface area contributed by atoms with Gasteiger partial charge in [0, 0.05) is 5.56 Å². The van der Waals surface area contributed by atoms with Crippen LogP contribution in [0.3, 0.4) is 0 Å². The molecule has 1 fully saturated rings. The van der Waals surface area contributed by atoms with E-state index in [1.54, 1.807) is 0 Å². The molecule has 0 radical (unpaired) electrons. The summed E-state index contributed by atoms with van der Waals surface area (Å²) in [6, 6.07) is 3.23. The van der Waals surface area contributed by atoms with Gasteiger partial charge in [0.25, 0.3) is 0 Å². The molecule has 0 aromatic heterocycles. The van der Waals surface area contributed by atoms with Crippen LogP contribution < -0.4 is 10.2 Å². The number of hydrogen-bond acceptors (Lipinski definition) is 3. The maximum Gasteiger partial charge on any atom is 0.335 e. The molecule has 1 N–H and O–H groups in total. The van der Waals surface area contributed by atoms with Gasteiger partial charge >= 0.3 is 6.03 Å². The lowest BCUT2D eigenvalue weighted by Crippen LogP contribution is -2.53. The van der Waals surface area contributed by atoms with Crippen LogP contribution in [-0.4, -0.2) is 17.8 Å². The van der Waals surface area contributed by atoms with Gasteiger partial charge in [0.15, 0.2) is 0 Å². The van der Waals surface area contributed by atoms with Crippen molar-refractivity contribution < 1.29 is 18.8 Å². The number of hydrogen-bond donors (Lipinski definition) is 1. The second-order valence-corrected chi connectivity index (χ2v) is 3.64. The van der Waals surface area contributed by atoms with Crippen LogP contribution in [-0.2, 0) is 9.59 Å². The molecule has 0 unspecified atom stereocenters. The van der Waals surface area contributed by atoms with E-state index in [0.29, 0.717) is 0 Å². The van der Waals surface area contributed by atoms with Crippen molar-refractivity contribution in [2.24, 2.45) is 0 Å². The first kappa shape index (κ1) is 11.3. The standard InChI is InChI=1S/C11H9FN2O3/c1-6-7(12)3-2-4-8(6)14-10(16)5-9(15)13-11(14)17/h2-4H,5H2,1H3,(H,13,15,17). The van der Waals surface area contributed by atoms with Gasteiger partial charge in [-0.3, -0.25) is 14.9 Å². The van der Waals surface area contributed by atoms with E-state index in [1.165, 1.54) is 25.1 Å². The minimum absolute atomic E-state index is 0.153. The Labute approximate surface area is 96.2 Å². The van der Waals surface area contributed by atoms with Crippen LogP contribution in [0.25, 0.3) is 0 Å². The third-order valence-corrected chi connectivity index (χ3v) is 2.49. The fourth-order valence-electron chi connectivity index (χ4n) is 1.63. The molecule has 17 heavy (non-hydrogen) atoms. The fourth-order valence-corrected chi connectivity index (χ4v) is 1.63. The summed E-state index contributed by atoms with van der Waals surface area (Å²) in [5.74, 6) is -1.82. The molecule has 1 heterocycles. The lowest BCUT2D eigenvalue weighted by Gasteiger charge is -2.26. The van der Waals surface area contributed by atoms with Gasteiger partial charge in [-0.25, -0.2) is 14.1 Å². The van der Waals surface area contributed by atoms with Crippen LogP contribution in [0.15, 0.2) is 18.2 Å². The van der Waals surface area contributed by atoms with Crippen molar-refractivity contribution in [1.82, 2.24) is 5.32 Å². The van der Waals surface area contributed by atoms with Crippen molar-refractivity contribution >= 4 is 23.5 Å². The zero-order valence-corrected chi connectivity index (χ0v) is 8.99. The molecular formula is C11H9FN2O3. The van der Waals surface area contributed by atoms with E-state index in [-0.39, 0.29) is 11.3 Å². The highest BCUT2D eigenvalue weighted by molar-refractivity contribution is 6.26. The largest absolute Gasteiger partial charge is 0.335 e. The Morgan fingerprint density at radius 1 is 1.29 bits per heavy atom. The summed E-state index contributed by atoms with van der Waals surface area (Å²) in [6.07, 6.45) is -0.415. The van der Waals surface area contributed by atoms with Crippen LogP contribution in [0.2, 0.25) is 0 Å². The number of urea groups is 1. The summed E-state index contributed by atoms with van der Waals surface area (Å²) in [7, 11) is 0. The number of carbonyl (C=O) groups is 3. The second kappa shape index (κ2) is 3.97. The number of imide groups is 2. The molecule has 0 saturated carbocycles. The Hall–Kier alpha value is -2.24. The summed E-state index contributed by atoms with van der Waals surface area (Å²) in [4.78, 5) is 34.9. The number of barbiturate groups is 1. The highest BCUT2D eigenvalue weighted by atomic mass is 19.1. The number of carbonyl (C=O) groups excluding carboxylic acids is 3.